The van der Waals surface area contributed by atoms with Crippen molar-refractivity contribution in [3.8, 4) is 23.1 Å². The van der Waals surface area contributed by atoms with E-state index in [0.717, 1.165) is 16.9 Å². The van der Waals surface area contributed by atoms with Crippen molar-refractivity contribution in [2.75, 3.05) is 27.4 Å². The summed E-state index contributed by atoms with van der Waals surface area (Å²) in [6.07, 6.45) is 0. The Kier molecular flexibility index (Phi) is 7.61. The van der Waals surface area contributed by atoms with Crippen LogP contribution in [0.15, 0.2) is 72.1 Å². The summed E-state index contributed by atoms with van der Waals surface area (Å²) in [6.45, 7) is 3.13. The number of rotatable bonds is 10. The standard InChI is InChI=1S/C26H27N3O4S/c1-19-23(18-28(14-15-31-2)25(30)24-13-8-16-34-24)26(29(27-19)20-9-5-4-6-10-20)33-22-12-7-11-21(17-22)32-3/h4-13,16-17H,14-15,18H2,1-3H3. The van der Waals surface area contributed by atoms with Gasteiger partial charge < -0.3 is 19.1 Å². The minimum Gasteiger partial charge on any atom is -0.497 e. The van der Waals surface area contributed by atoms with Gasteiger partial charge in [-0.05, 0) is 42.6 Å². The maximum absolute atomic E-state index is 13.3. The number of carbonyl (C=O) groups excluding carboxylic acids is 1. The van der Waals surface area contributed by atoms with E-state index in [1.54, 1.807) is 23.8 Å². The molecule has 0 bridgehead atoms. The van der Waals surface area contributed by atoms with Gasteiger partial charge in [0.15, 0.2) is 0 Å². The predicted octanol–water partition coefficient (Wildman–Crippen LogP) is 5.33. The van der Waals surface area contributed by atoms with Crippen LogP contribution in [0.3, 0.4) is 0 Å². The third kappa shape index (κ3) is 5.30. The van der Waals surface area contributed by atoms with Gasteiger partial charge in [0, 0.05) is 19.7 Å². The summed E-state index contributed by atoms with van der Waals surface area (Å²) in [5.74, 6) is 1.81. The molecule has 0 atom stereocenters. The predicted molar refractivity (Wildman–Crippen MR) is 132 cm³/mol. The largest absolute Gasteiger partial charge is 0.497 e. The van der Waals surface area contributed by atoms with Crippen LogP contribution in [0.25, 0.3) is 5.69 Å². The lowest BCUT2D eigenvalue weighted by Gasteiger charge is -2.22. The van der Waals surface area contributed by atoms with Crippen LogP contribution < -0.4 is 9.47 Å². The molecule has 2 aromatic heterocycles. The van der Waals surface area contributed by atoms with Gasteiger partial charge in [0.05, 0.1) is 42.1 Å². The molecule has 0 spiro atoms. The minimum atomic E-state index is -0.0498. The molecule has 0 N–H and O–H groups in total. The highest BCUT2D eigenvalue weighted by molar-refractivity contribution is 7.12. The van der Waals surface area contributed by atoms with Gasteiger partial charge in [-0.25, -0.2) is 4.68 Å². The molecule has 0 unspecified atom stereocenters. The van der Waals surface area contributed by atoms with Crippen LogP contribution in [0.1, 0.15) is 20.9 Å². The van der Waals surface area contributed by atoms with Crippen molar-refractivity contribution in [3.63, 3.8) is 0 Å². The fourth-order valence-electron chi connectivity index (χ4n) is 3.55. The van der Waals surface area contributed by atoms with E-state index in [1.165, 1.54) is 11.3 Å². The zero-order chi connectivity index (χ0) is 23.9. The maximum atomic E-state index is 13.3. The number of benzene rings is 2. The Morgan fingerprint density at radius 2 is 1.82 bits per heavy atom. The summed E-state index contributed by atoms with van der Waals surface area (Å²) in [5, 5.41) is 6.67. The van der Waals surface area contributed by atoms with Gasteiger partial charge in [-0.2, -0.15) is 5.10 Å². The maximum Gasteiger partial charge on any atom is 0.264 e. The summed E-state index contributed by atoms with van der Waals surface area (Å²) in [5.41, 5.74) is 2.47. The molecule has 0 radical (unpaired) electrons. The number of para-hydroxylation sites is 1. The summed E-state index contributed by atoms with van der Waals surface area (Å²) in [6, 6.07) is 20.9. The minimum absolute atomic E-state index is 0.0498. The molecule has 1 amide bonds. The summed E-state index contributed by atoms with van der Waals surface area (Å²) in [4.78, 5) is 15.7. The third-order valence-electron chi connectivity index (χ3n) is 5.33. The Morgan fingerprint density at radius 1 is 1.03 bits per heavy atom. The molecule has 7 nitrogen and oxygen atoms in total. The smallest absolute Gasteiger partial charge is 0.264 e. The lowest BCUT2D eigenvalue weighted by Crippen LogP contribution is -2.33. The molecule has 8 heteroatoms. The fourth-order valence-corrected chi connectivity index (χ4v) is 4.24. The van der Waals surface area contributed by atoms with E-state index < -0.39 is 0 Å². The molecule has 0 fully saturated rings. The van der Waals surface area contributed by atoms with Gasteiger partial charge >= 0.3 is 0 Å². The SMILES string of the molecule is COCCN(Cc1c(C)nn(-c2ccccc2)c1Oc1cccc(OC)c1)C(=O)c1cccs1. The molecule has 2 aromatic carbocycles. The fraction of sp³-hybridized carbons (Fsp3) is 0.231. The highest BCUT2D eigenvalue weighted by Gasteiger charge is 2.24. The first-order valence-corrected chi connectivity index (χ1v) is 11.8. The Labute approximate surface area is 203 Å². The monoisotopic (exact) mass is 477 g/mol. The number of hydrogen-bond donors (Lipinski definition) is 0. The Balaban J connectivity index is 1.75. The first-order chi connectivity index (χ1) is 16.6. The average molecular weight is 478 g/mol. The number of hydrogen-bond acceptors (Lipinski definition) is 6. The van der Waals surface area contributed by atoms with Crippen LogP contribution in [-0.4, -0.2) is 48.0 Å². The number of carbonyl (C=O) groups is 1. The molecule has 2 heterocycles. The number of ether oxygens (including phenoxy) is 3. The van der Waals surface area contributed by atoms with Crippen molar-refractivity contribution in [2.45, 2.75) is 13.5 Å². The topological polar surface area (TPSA) is 65.8 Å². The second-order valence-corrected chi connectivity index (χ2v) is 8.54. The molecule has 176 valence electrons. The van der Waals surface area contributed by atoms with Crippen LogP contribution in [0, 0.1) is 6.92 Å². The van der Waals surface area contributed by atoms with E-state index in [4.69, 9.17) is 19.3 Å². The highest BCUT2D eigenvalue weighted by atomic mass is 32.1. The normalized spacial score (nSPS) is 10.8. The quantitative estimate of drug-likeness (QED) is 0.309. The molecule has 34 heavy (non-hydrogen) atoms. The molecule has 0 aliphatic rings. The van der Waals surface area contributed by atoms with Crippen molar-refractivity contribution in [1.82, 2.24) is 14.7 Å². The average Bonchev–Trinajstić information content (AvgIpc) is 3.51. The Hall–Kier alpha value is -3.62. The summed E-state index contributed by atoms with van der Waals surface area (Å²) in [7, 11) is 3.25. The number of aromatic nitrogens is 2. The Morgan fingerprint density at radius 3 is 2.53 bits per heavy atom. The lowest BCUT2D eigenvalue weighted by atomic mass is 10.2. The zero-order valence-electron chi connectivity index (χ0n) is 19.4. The number of methoxy groups -OCH3 is 2. The van der Waals surface area contributed by atoms with Crippen LogP contribution in [0.4, 0.5) is 0 Å². The number of amides is 1. The van der Waals surface area contributed by atoms with Gasteiger partial charge in [-0.1, -0.05) is 30.3 Å². The number of aryl methyl sites for hydroxylation is 1. The lowest BCUT2D eigenvalue weighted by molar-refractivity contribution is 0.0684. The van der Waals surface area contributed by atoms with Crippen LogP contribution >= 0.6 is 11.3 Å². The third-order valence-corrected chi connectivity index (χ3v) is 6.19. The molecule has 0 aliphatic heterocycles. The van der Waals surface area contributed by atoms with E-state index in [2.05, 4.69) is 0 Å². The summed E-state index contributed by atoms with van der Waals surface area (Å²) < 4.78 is 18.8. The molecule has 4 rings (SSSR count). The van der Waals surface area contributed by atoms with Crippen molar-refractivity contribution < 1.29 is 19.0 Å². The van der Waals surface area contributed by atoms with Crippen molar-refractivity contribution in [2.24, 2.45) is 0 Å². The van der Waals surface area contributed by atoms with E-state index in [0.29, 0.717) is 42.0 Å². The van der Waals surface area contributed by atoms with Crippen LogP contribution in [-0.2, 0) is 11.3 Å². The van der Waals surface area contributed by atoms with Crippen LogP contribution in [0.2, 0.25) is 0 Å². The molecular formula is C26H27N3O4S. The van der Waals surface area contributed by atoms with Gasteiger partial charge in [-0.15, -0.1) is 11.3 Å². The number of nitrogens with zero attached hydrogens (tertiary/aromatic N) is 3. The number of thiophene rings is 1. The van der Waals surface area contributed by atoms with Gasteiger partial charge in [0.25, 0.3) is 5.91 Å². The van der Waals surface area contributed by atoms with Crippen molar-refractivity contribution in [3.05, 3.63) is 88.2 Å². The highest BCUT2D eigenvalue weighted by Crippen LogP contribution is 2.33. The van der Waals surface area contributed by atoms with E-state index in [-0.39, 0.29) is 5.91 Å². The molecule has 0 saturated heterocycles. The van der Waals surface area contributed by atoms with E-state index >= 15 is 0 Å². The van der Waals surface area contributed by atoms with Gasteiger partial charge in [-0.3, -0.25) is 4.79 Å². The molecule has 4 aromatic rings. The van der Waals surface area contributed by atoms with E-state index in [1.807, 2.05) is 79.0 Å². The van der Waals surface area contributed by atoms with E-state index in [9.17, 15) is 4.79 Å². The van der Waals surface area contributed by atoms with Crippen LogP contribution in [0.5, 0.6) is 17.4 Å². The van der Waals surface area contributed by atoms with Gasteiger partial charge in [0.1, 0.15) is 11.5 Å². The first kappa shape index (κ1) is 23.5. The van der Waals surface area contributed by atoms with Gasteiger partial charge in [0.2, 0.25) is 5.88 Å². The van der Waals surface area contributed by atoms with Crippen molar-refractivity contribution >= 4 is 17.2 Å². The summed E-state index contributed by atoms with van der Waals surface area (Å²) >= 11 is 1.42. The second kappa shape index (κ2) is 11.0. The second-order valence-electron chi connectivity index (χ2n) is 7.59. The first-order valence-electron chi connectivity index (χ1n) is 10.9. The Bertz CT molecular complexity index is 1220. The molecular weight excluding hydrogens is 450 g/mol. The van der Waals surface area contributed by atoms with Crippen molar-refractivity contribution in [1.29, 1.82) is 0 Å². The molecule has 0 aliphatic carbocycles. The molecule has 0 saturated carbocycles. The zero-order valence-corrected chi connectivity index (χ0v) is 20.2.